The molecule has 21 heavy (non-hydrogen) atoms. The number of carboxylic acid groups (broad SMARTS) is 1. The molecule has 110 valence electrons. The molecule has 2 bridgehead atoms. The van der Waals surface area contributed by atoms with E-state index in [9.17, 15) is 14.7 Å². The van der Waals surface area contributed by atoms with Gasteiger partial charge in [-0.3, -0.25) is 9.59 Å². The fourth-order valence-electron chi connectivity index (χ4n) is 2.87. The number of anilines is 1. The topological polar surface area (TPSA) is 75.6 Å². The quantitative estimate of drug-likeness (QED) is 0.840. The van der Waals surface area contributed by atoms with Gasteiger partial charge in [-0.2, -0.15) is 0 Å². The Balaban J connectivity index is 1.84. The maximum Gasteiger partial charge on any atom is 0.310 e. The van der Waals surface area contributed by atoms with E-state index >= 15 is 0 Å². The van der Waals surface area contributed by atoms with Gasteiger partial charge in [-0.1, -0.05) is 29.8 Å². The Bertz CT molecular complexity index is 643. The molecule has 0 aromatic heterocycles. The molecule has 6 heteroatoms. The second kappa shape index (κ2) is 5.16. The fraction of sp³-hybridized carbons (Fsp3) is 0.333. The van der Waals surface area contributed by atoms with E-state index in [2.05, 4.69) is 5.32 Å². The summed E-state index contributed by atoms with van der Waals surface area (Å²) in [5.74, 6) is -2.95. The van der Waals surface area contributed by atoms with E-state index in [1.807, 2.05) is 0 Å². The molecule has 0 unspecified atom stereocenters. The number of carbonyl (C=O) groups is 2. The van der Waals surface area contributed by atoms with Crippen LogP contribution in [-0.2, 0) is 14.3 Å². The van der Waals surface area contributed by atoms with Crippen LogP contribution < -0.4 is 5.32 Å². The van der Waals surface area contributed by atoms with Crippen molar-refractivity contribution in [2.24, 2.45) is 11.8 Å². The van der Waals surface area contributed by atoms with Crippen LogP contribution in [0.25, 0.3) is 0 Å². The van der Waals surface area contributed by atoms with Crippen molar-refractivity contribution in [3.05, 3.63) is 40.9 Å². The second-order valence-corrected chi connectivity index (χ2v) is 5.65. The number of nitrogens with one attached hydrogen (secondary N) is 1. The fourth-order valence-corrected chi connectivity index (χ4v) is 3.05. The van der Waals surface area contributed by atoms with Crippen LogP contribution in [0, 0.1) is 18.8 Å². The number of hydrogen-bond donors (Lipinski definition) is 2. The number of benzene rings is 1. The van der Waals surface area contributed by atoms with Crippen molar-refractivity contribution < 1.29 is 19.4 Å². The second-order valence-electron chi connectivity index (χ2n) is 5.24. The van der Waals surface area contributed by atoms with Crippen LogP contribution in [0.5, 0.6) is 0 Å². The Kier molecular flexibility index (Phi) is 3.47. The average Bonchev–Trinajstić information content (AvgIpc) is 3.04. The zero-order valence-corrected chi connectivity index (χ0v) is 12.0. The van der Waals surface area contributed by atoms with Gasteiger partial charge in [0.2, 0.25) is 5.91 Å². The normalized spacial score (nSPS) is 29.6. The molecule has 2 aliphatic heterocycles. The van der Waals surface area contributed by atoms with Crippen LogP contribution in [0.2, 0.25) is 5.02 Å². The van der Waals surface area contributed by atoms with Crippen molar-refractivity contribution in [3.8, 4) is 0 Å². The van der Waals surface area contributed by atoms with Gasteiger partial charge in [0.25, 0.3) is 0 Å². The third-order valence-corrected chi connectivity index (χ3v) is 4.42. The van der Waals surface area contributed by atoms with Crippen LogP contribution in [0.1, 0.15) is 5.56 Å². The highest BCUT2D eigenvalue weighted by atomic mass is 35.5. The summed E-state index contributed by atoms with van der Waals surface area (Å²) in [6.45, 7) is 1.80. The number of hydrogen-bond acceptors (Lipinski definition) is 3. The van der Waals surface area contributed by atoms with Gasteiger partial charge in [-0.25, -0.2) is 0 Å². The first-order chi connectivity index (χ1) is 9.99. The van der Waals surface area contributed by atoms with Crippen molar-refractivity contribution in [1.82, 2.24) is 0 Å². The molecule has 2 aliphatic rings. The summed E-state index contributed by atoms with van der Waals surface area (Å²) in [7, 11) is 0. The molecule has 2 heterocycles. The van der Waals surface area contributed by atoms with Crippen molar-refractivity contribution in [1.29, 1.82) is 0 Å². The van der Waals surface area contributed by atoms with Gasteiger partial charge in [0.15, 0.2) is 0 Å². The summed E-state index contributed by atoms with van der Waals surface area (Å²) in [5, 5.41) is 12.6. The number of carbonyl (C=O) groups excluding carboxylic acids is 1. The molecule has 4 atom stereocenters. The van der Waals surface area contributed by atoms with Crippen molar-refractivity contribution in [2.45, 2.75) is 19.1 Å². The van der Waals surface area contributed by atoms with Gasteiger partial charge in [-0.05, 0) is 24.6 Å². The molecular weight excluding hydrogens is 294 g/mol. The summed E-state index contributed by atoms with van der Waals surface area (Å²) >= 11 is 6.02. The lowest BCUT2D eigenvalue weighted by molar-refractivity contribution is -0.145. The van der Waals surface area contributed by atoms with Gasteiger partial charge in [0, 0.05) is 10.7 Å². The van der Waals surface area contributed by atoms with E-state index in [0.29, 0.717) is 10.7 Å². The predicted octanol–water partition coefficient (Wildman–Crippen LogP) is 2.24. The summed E-state index contributed by atoms with van der Waals surface area (Å²) in [6, 6.07) is 5.20. The largest absolute Gasteiger partial charge is 0.481 e. The monoisotopic (exact) mass is 307 g/mol. The molecule has 1 saturated heterocycles. The van der Waals surface area contributed by atoms with Gasteiger partial charge in [0.05, 0.1) is 18.1 Å². The third-order valence-electron chi connectivity index (χ3n) is 4.01. The van der Waals surface area contributed by atoms with Crippen molar-refractivity contribution >= 4 is 29.2 Å². The van der Waals surface area contributed by atoms with Gasteiger partial charge in [-0.15, -0.1) is 0 Å². The molecular formula is C15H14ClNO4. The zero-order chi connectivity index (χ0) is 15.1. The van der Waals surface area contributed by atoms with E-state index in [1.165, 1.54) is 0 Å². The molecule has 1 amide bonds. The summed E-state index contributed by atoms with van der Waals surface area (Å²) in [5.41, 5.74) is 1.34. The number of halogens is 1. The van der Waals surface area contributed by atoms with E-state index < -0.39 is 30.0 Å². The molecule has 1 aromatic rings. The van der Waals surface area contributed by atoms with Crippen LogP contribution in [0.4, 0.5) is 5.69 Å². The molecule has 5 nitrogen and oxygen atoms in total. The smallest absolute Gasteiger partial charge is 0.310 e. The number of rotatable bonds is 3. The molecule has 2 N–H and O–H groups in total. The Morgan fingerprint density at radius 3 is 2.57 bits per heavy atom. The minimum absolute atomic E-state index is 0.357. The minimum atomic E-state index is -1.02. The highest BCUT2D eigenvalue weighted by molar-refractivity contribution is 6.31. The summed E-state index contributed by atoms with van der Waals surface area (Å²) < 4.78 is 5.49. The van der Waals surface area contributed by atoms with Crippen molar-refractivity contribution in [3.63, 3.8) is 0 Å². The highest BCUT2D eigenvalue weighted by Gasteiger charge is 2.53. The first kappa shape index (κ1) is 14.1. The highest BCUT2D eigenvalue weighted by Crippen LogP contribution is 2.40. The number of amides is 1. The number of fused-ring (bicyclic) bond motifs is 2. The van der Waals surface area contributed by atoms with Crippen LogP contribution >= 0.6 is 11.6 Å². The molecule has 0 aliphatic carbocycles. The zero-order valence-electron chi connectivity index (χ0n) is 11.2. The van der Waals surface area contributed by atoms with Crippen LogP contribution in [0.3, 0.4) is 0 Å². The number of carboxylic acids is 1. The first-order valence-corrected chi connectivity index (χ1v) is 6.99. The van der Waals surface area contributed by atoms with E-state index in [-0.39, 0.29) is 5.91 Å². The minimum Gasteiger partial charge on any atom is -0.481 e. The first-order valence-electron chi connectivity index (χ1n) is 6.61. The SMILES string of the molecule is Cc1c(Cl)cccc1NC(=O)[C@@H]1[C@@H](C(=O)O)[C@@H]2C=C[C@H]1O2. The third kappa shape index (κ3) is 2.32. The summed E-state index contributed by atoms with van der Waals surface area (Å²) in [4.78, 5) is 23.8. The lowest BCUT2D eigenvalue weighted by Crippen LogP contribution is -2.39. The predicted molar refractivity (Wildman–Crippen MR) is 77.2 cm³/mol. The lowest BCUT2D eigenvalue weighted by Gasteiger charge is -2.21. The van der Waals surface area contributed by atoms with Gasteiger partial charge in [0.1, 0.15) is 5.92 Å². The maximum absolute atomic E-state index is 12.5. The molecule has 3 rings (SSSR count). The Morgan fingerprint density at radius 2 is 1.90 bits per heavy atom. The molecule has 1 fully saturated rings. The average molecular weight is 308 g/mol. The molecule has 0 radical (unpaired) electrons. The number of ether oxygens (including phenoxy) is 1. The molecule has 0 spiro atoms. The van der Waals surface area contributed by atoms with Gasteiger partial charge >= 0.3 is 5.97 Å². The van der Waals surface area contributed by atoms with E-state index in [4.69, 9.17) is 16.3 Å². The Hall–Kier alpha value is -1.85. The van der Waals surface area contributed by atoms with Crippen molar-refractivity contribution in [2.75, 3.05) is 5.32 Å². The number of aliphatic carboxylic acids is 1. The standard InChI is InChI=1S/C15H14ClNO4/c1-7-8(16)3-2-4-9(7)17-14(18)12-10-5-6-11(21-10)13(12)15(19)20/h2-6,10-13H,1H3,(H,17,18)(H,19,20)/t10-,11+,12+,13+/m1/s1. The van der Waals surface area contributed by atoms with Gasteiger partial charge < -0.3 is 15.2 Å². The van der Waals surface area contributed by atoms with E-state index in [1.54, 1.807) is 37.3 Å². The maximum atomic E-state index is 12.5. The van der Waals surface area contributed by atoms with Crippen LogP contribution in [-0.4, -0.2) is 29.2 Å². The Morgan fingerprint density at radius 1 is 1.24 bits per heavy atom. The Labute approximate surface area is 126 Å². The van der Waals surface area contributed by atoms with E-state index in [0.717, 1.165) is 5.56 Å². The summed E-state index contributed by atoms with van der Waals surface area (Å²) in [6.07, 6.45) is 2.45. The molecule has 1 aromatic carbocycles. The molecule has 0 saturated carbocycles. The van der Waals surface area contributed by atoms with Crippen LogP contribution in [0.15, 0.2) is 30.4 Å². The lowest BCUT2D eigenvalue weighted by atomic mass is 9.82.